The summed E-state index contributed by atoms with van der Waals surface area (Å²) in [7, 11) is 0. The summed E-state index contributed by atoms with van der Waals surface area (Å²) in [6, 6.07) is 9.35. The Kier molecular flexibility index (Phi) is 3.69. The van der Waals surface area contributed by atoms with E-state index in [1.54, 1.807) is 17.7 Å². The zero-order valence-electron chi connectivity index (χ0n) is 9.28. The molecule has 2 rings (SSSR count). The lowest BCUT2D eigenvalue weighted by Crippen LogP contribution is -2.22. The second kappa shape index (κ2) is 5.07. The molecule has 4 heteroatoms. The molecule has 0 bridgehead atoms. The van der Waals surface area contributed by atoms with E-state index in [-0.39, 0.29) is 5.56 Å². The van der Waals surface area contributed by atoms with Crippen LogP contribution >= 0.6 is 27.5 Å². The molecule has 88 valence electrons. The molecule has 0 fully saturated rings. The molecule has 0 aliphatic heterocycles. The summed E-state index contributed by atoms with van der Waals surface area (Å²) in [4.78, 5) is 11.9. The second-order valence-corrected chi connectivity index (χ2v) is 5.19. The minimum atomic E-state index is 0.00752. The lowest BCUT2D eigenvalue weighted by atomic mass is 10.2. The van der Waals surface area contributed by atoms with E-state index in [0.29, 0.717) is 17.1 Å². The highest BCUT2D eigenvalue weighted by Crippen LogP contribution is 2.16. The van der Waals surface area contributed by atoms with Crippen molar-refractivity contribution in [3.05, 3.63) is 67.5 Å². The van der Waals surface area contributed by atoms with Gasteiger partial charge in [0.05, 0.1) is 6.54 Å². The number of pyridine rings is 1. The number of hydrogen-bond donors (Lipinski definition) is 0. The normalized spacial score (nSPS) is 10.5. The van der Waals surface area contributed by atoms with Gasteiger partial charge in [-0.3, -0.25) is 4.79 Å². The molecule has 17 heavy (non-hydrogen) atoms. The third-order valence-electron chi connectivity index (χ3n) is 2.53. The fourth-order valence-electron chi connectivity index (χ4n) is 1.67. The summed E-state index contributed by atoms with van der Waals surface area (Å²) >= 11 is 9.47. The predicted octanol–water partition coefficient (Wildman–Crippen LogP) is 3.62. The smallest absolute Gasteiger partial charge is 0.253 e. The van der Waals surface area contributed by atoms with Crippen LogP contribution in [0, 0.1) is 6.92 Å². The van der Waals surface area contributed by atoms with Gasteiger partial charge in [-0.2, -0.15) is 0 Å². The van der Waals surface area contributed by atoms with Crippen LogP contribution in [0.4, 0.5) is 0 Å². The first-order valence-corrected chi connectivity index (χ1v) is 6.35. The minimum Gasteiger partial charge on any atom is -0.310 e. The van der Waals surface area contributed by atoms with Gasteiger partial charge < -0.3 is 4.57 Å². The van der Waals surface area contributed by atoms with Gasteiger partial charge in [0.15, 0.2) is 0 Å². The highest BCUT2D eigenvalue weighted by Gasteiger charge is 2.05. The Hall–Kier alpha value is -1.06. The van der Waals surface area contributed by atoms with Crippen molar-refractivity contribution in [2.45, 2.75) is 13.5 Å². The Labute approximate surface area is 113 Å². The topological polar surface area (TPSA) is 22.0 Å². The lowest BCUT2D eigenvalue weighted by molar-refractivity contribution is 0.749. The van der Waals surface area contributed by atoms with E-state index in [2.05, 4.69) is 15.9 Å². The molecule has 0 atom stereocenters. The summed E-state index contributed by atoms with van der Waals surface area (Å²) in [6.45, 7) is 2.29. The first-order valence-electron chi connectivity index (χ1n) is 5.18. The quantitative estimate of drug-likeness (QED) is 0.830. The number of aryl methyl sites for hydroxylation is 1. The minimum absolute atomic E-state index is 0.00752. The van der Waals surface area contributed by atoms with E-state index >= 15 is 0 Å². The average molecular weight is 313 g/mol. The number of benzene rings is 1. The monoisotopic (exact) mass is 311 g/mol. The molecule has 1 aromatic heterocycles. The van der Waals surface area contributed by atoms with Crippen molar-refractivity contribution in [3.63, 3.8) is 0 Å². The summed E-state index contributed by atoms with van der Waals surface area (Å²) in [5.74, 6) is 0. The van der Waals surface area contributed by atoms with Gasteiger partial charge >= 0.3 is 0 Å². The molecule has 0 N–H and O–H groups in total. The summed E-state index contributed by atoms with van der Waals surface area (Å²) < 4.78 is 2.54. The van der Waals surface area contributed by atoms with Crippen LogP contribution in [0.25, 0.3) is 0 Å². The van der Waals surface area contributed by atoms with E-state index in [1.165, 1.54) is 0 Å². The zero-order chi connectivity index (χ0) is 12.4. The van der Waals surface area contributed by atoms with E-state index < -0.39 is 0 Å². The summed E-state index contributed by atoms with van der Waals surface area (Å²) in [6.07, 6.45) is 1.78. The van der Waals surface area contributed by atoms with Gasteiger partial charge in [0.1, 0.15) is 0 Å². The van der Waals surface area contributed by atoms with Crippen LogP contribution in [0.1, 0.15) is 11.1 Å². The molecule has 0 saturated heterocycles. The van der Waals surface area contributed by atoms with Crippen LogP contribution in [0.15, 0.2) is 45.8 Å². The van der Waals surface area contributed by atoms with Crippen molar-refractivity contribution in [2.75, 3.05) is 0 Å². The Morgan fingerprint density at radius 2 is 2.06 bits per heavy atom. The van der Waals surface area contributed by atoms with Crippen LogP contribution in [0.3, 0.4) is 0 Å². The standard InChI is InChI=1S/C13H11BrClNO/c1-9-6-11(14)8-16(13(9)17)7-10-4-2-3-5-12(10)15/h2-6,8H,7H2,1H3. The molecule has 2 aromatic rings. The van der Waals surface area contributed by atoms with E-state index in [9.17, 15) is 4.79 Å². The summed E-state index contributed by atoms with van der Waals surface area (Å²) in [5.41, 5.74) is 1.66. The van der Waals surface area contributed by atoms with Crippen molar-refractivity contribution in [2.24, 2.45) is 0 Å². The Morgan fingerprint density at radius 3 is 2.76 bits per heavy atom. The first-order chi connectivity index (χ1) is 8.08. The fraction of sp³-hybridized carbons (Fsp3) is 0.154. The molecule has 0 unspecified atom stereocenters. The Balaban J connectivity index is 2.44. The van der Waals surface area contributed by atoms with Crippen molar-refractivity contribution in [1.29, 1.82) is 0 Å². The predicted molar refractivity (Wildman–Crippen MR) is 73.7 cm³/mol. The maximum Gasteiger partial charge on any atom is 0.253 e. The highest BCUT2D eigenvalue weighted by molar-refractivity contribution is 9.10. The van der Waals surface area contributed by atoms with E-state index in [0.717, 1.165) is 10.0 Å². The highest BCUT2D eigenvalue weighted by atomic mass is 79.9. The molecule has 2 nitrogen and oxygen atoms in total. The van der Waals surface area contributed by atoms with Gasteiger partial charge in [-0.15, -0.1) is 0 Å². The van der Waals surface area contributed by atoms with Crippen LogP contribution in [0.2, 0.25) is 5.02 Å². The lowest BCUT2D eigenvalue weighted by Gasteiger charge is -2.09. The van der Waals surface area contributed by atoms with Gasteiger partial charge in [0, 0.05) is 21.3 Å². The number of halogens is 2. The Bertz CT molecular complexity index is 607. The van der Waals surface area contributed by atoms with E-state index in [4.69, 9.17) is 11.6 Å². The van der Waals surface area contributed by atoms with Crippen molar-refractivity contribution in [3.8, 4) is 0 Å². The first kappa shape index (κ1) is 12.4. The molecule has 0 aliphatic rings. The number of rotatable bonds is 2. The van der Waals surface area contributed by atoms with Gasteiger partial charge in [0.25, 0.3) is 5.56 Å². The van der Waals surface area contributed by atoms with Gasteiger partial charge in [0.2, 0.25) is 0 Å². The molecule has 0 radical (unpaired) electrons. The van der Waals surface area contributed by atoms with Gasteiger partial charge in [-0.1, -0.05) is 29.8 Å². The van der Waals surface area contributed by atoms with Crippen LogP contribution in [-0.2, 0) is 6.54 Å². The number of hydrogen-bond acceptors (Lipinski definition) is 1. The molecule has 0 saturated carbocycles. The van der Waals surface area contributed by atoms with Crippen LogP contribution in [-0.4, -0.2) is 4.57 Å². The summed E-state index contributed by atoms with van der Waals surface area (Å²) in [5, 5.41) is 0.678. The van der Waals surface area contributed by atoms with E-state index in [1.807, 2.05) is 30.3 Å². The third kappa shape index (κ3) is 2.79. The largest absolute Gasteiger partial charge is 0.310 e. The number of aromatic nitrogens is 1. The maximum absolute atomic E-state index is 11.9. The molecular formula is C13H11BrClNO. The molecule has 0 aliphatic carbocycles. The second-order valence-electron chi connectivity index (χ2n) is 3.87. The molecule has 1 aromatic carbocycles. The molecule has 0 spiro atoms. The SMILES string of the molecule is Cc1cc(Br)cn(Cc2ccccc2Cl)c1=O. The van der Waals surface area contributed by atoms with Gasteiger partial charge in [-0.25, -0.2) is 0 Å². The molecule has 1 heterocycles. The average Bonchev–Trinajstić information content (AvgIpc) is 2.28. The fourth-order valence-corrected chi connectivity index (χ4v) is 2.45. The van der Waals surface area contributed by atoms with Crippen LogP contribution < -0.4 is 5.56 Å². The van der Waals surface area contributed by atoms with Crippen molar-refractivity contribution in [1.82, 2.24) is 4.57 Å². The van der Waals surface area contributed by atoms with Crippen molar-refractivity contribution < 1.29 is 0 Å². The molecule has 0 amide bonds. The van der Waals surface area contributed by atoms with Gasteiger partial charge in [-0.05, 0) is 40.5 Å². The van der Waals surface area contributed by atoms with Crippen molar-refractivity contribution >= 4 is 27.5 Å². The zero-order valence-corrected chi connectivity index (χ0v) is 11.6. The Morgan fingerprint density at radius 1 is 1.35 bits per heavy atom. The maximum atomic E-state index is 11.9. The molecular weight excluding hydrogens is 302 g/mol. The number of nitrogens with zero attached hydrogens (tertiary/aromatic N) is 1. The third-order valence-corrected chi connectivity index (χ3v) is 3.33. The van der Waals surface area contributed by atoms with Crippen LogP contribution in [0.5, 0.6) is 0 Å².